The van der Waals surface area contributed by atoms with Crippen LogP contribution >= 0.6 is 11.6 Å². The molecule has 2 atom stereocenters. The molecule has 1 heterocycles. The lowest BCUT2D eigenvalue weighted by atomic mass is 9.93. The highest BCUT2D eigenvalue weighted by molar-refractivity contribution is 6.32. The van der Waals surface area contributed by atoms with Crippen LogP contribution in [-0.2, 0) is 0 Å². The standard InChI is InChI=1S/C13H16ClN3/c1-9-5-6-17(8-12(9)16)13-4-2-3-11(14)10(13)7-15/h2-4,9,12H,5-6,8,16H2,1H3. The summed E-state index contributed by atoms with van der Waals surface area (Å²) in [6.45, 7) is 3.89. The summed E-state index contributed by atoms with van der Waals surface area (Å²) < 4.78 is 0. The summed E-state index contributed by atoms with van der Waals surface area (Å²) in [5.74, 6) is 0.538. The van der Waals surface area contributed by atoms with E-state index in [1.54, 1.807) is 6.07 Å². The van der Waals surface area contributed by atoms with E-state index in [1.807, 2.05) is 12.1 Å². The number of nitriles is 1. The normalized spacial score (nSPS) is 24.5. The van der Waals surface area contributed by atoms with Crippen molar-refractivity contribution in [2.45, 2.75) is 19.4 Å². The topological polar surface area (TPSA) is 53.0 Å². The molecule has 1 aromatic carbocycles. The fourth-order valence-electron chi connectivity index (χ4n) is 2.21. The maximum atomic E-state index is 9.16. The third-order valence-electron chi connectivity index (χ3n) is 3.46. The van der Waals surface area contributed by atoms with Gasteiger partial charge in [-0.3, -0.25) is 0 Å². The summed E-state index contributed by atoms with van der Waals surface area (Å²) in [5, 5.41) is 9.67. The minimum absolute atomic E-state index is 0.161. The molecule has 1 aromatic rings. The summed E-state index contributed by atoms with van der Waals surface area (Å²) in [5.41, 5.74) is 7.53. The first-order chi connectivity index (χ1) is 8.13. The molecule has 3 nitrogen and oxygen atoms in total. The molecule has 90 valence electrons. The minimum Gasteiger partial charge on any atom is -0.369 e. The molecule has 1 aliphatic rings. The van der Waals surface area contributed by atoms with Crippen molar-refractivity contribution in [3.8, 4) is 6.07 Å². The van der Waals surface area contributed by atoms with Gasteiger partial charge >= 0.3 is 0 Å². The molecule has 1 aliphatic heterocycles. The monoisotopic (exact) mass is 249 g/mol. The fourth-order valence-corrected chi connectivity index (χ4v) is 2.42. The van der Waals surface area contributed by atoms with Gasteiger partial charge in [-0.15, -0.1) is 0 Å². The Hall–Kier alpha value is -1.24. The molecule has 0 spiro atoms. The van der Waals surface area contributed by atoms with E-state index >= 15 is 0 Å². The summed E-state index contributed by atoms with van der Waals surface area (Å²) >= 11 is 6.03. The molecule has 0 aliphatic carbocycles. The molecule has 1 fully saturated rings. The van der Waals surface area contributed by atoms with Crippen molar-refractivity contribution >= 4 is 17.3 Å². The van der Waals surface area contributed by atoms with Crippen LogP contribution in [0.4, 0.5) is 5.69 Å². The molecule has 0 aromatic heterocycles. The number of hydrogen-bond acceptors (Lipinski definition) is 3. The predicted octanol–water partition coefficient (Wildman–Crippen LogP) is 2.39. The first-order valence-electron chi connectivity index (χ1n) is 5.82. The predicted molar refractivity (Wildman–Crippen MR) is 70.1 cm³/mol. The van der Waals surface area contributed by atoms with Crippen LogP contribution in [0, 0.1) is 17.2 Å². The molecule has 2 N–H and O–H groups in total. The second-order valence-corrected chi connectivity index (χ2v) is 5.03. The molecule has 1 saturated heterocycles. The Balaban J connectivity index is 2.29. The smallest absolute Gasteiger partial charge is 0.103 e. The molecule has 0 amide bonds. The molecule has 0 bridgehead atoms. The van der Waals surface area contributed by atoms with Gasteiger partial charge in [0.05, 0.1) is 16.3 Å². The average molecular weight is 250 g/mol. The molecule has 2 unspecified atom stereocenters. The van der Waals surface area contributed by atoms with Crippen LogP contribution in [0.1, 0.15) is 18.9 Å². The van der Waals surface area contributed by atoms with Crippen molar-refractivity contribution in [1.82, 2.24) is 0 Å². The van der Waals surface area contributed by atoms with Crippen LogP contribution in [-0.4, -0.2) is 19.1 Å². The molecule has 0 saturated carbocycles. The Bertz CT molecular complexity index is 452. The Morgan fingerprint density at radius 1 is 1.53 bits per heavy atom. The summed E-state index contributed by atoms with van der Waals surface area (Å²) in [7, 11) is 0. The van der Waals surface area contributed by atoms with E-state index in [0.717, 1.165) is 25.2 Å². The third kappa shape index (κ3) is 2.38. The van der Waals surface area contributed by atoms with Gasteiger partial charge < -0.3 is 10.6 Å². The lowest BCUT2D eigenvalue weighted by Gasteiger charge is -2.37. The second kappa shape index (κ2) is 4.95. The van der Waals surface area contributed by atoms with Crippen LogP contribution in [0.25, 0.3) is 0 Å². The number of piperidine rings is 1. The van der Waals surface area contributed by atoms with Crippen LogP contribution < -0.4 is 10.6 Å². The van der Waals surface area contributed by atoms with Gasteiger partial charge in [0.2, 0.25) is 0 Å². The Morgan fingerprint density at radius 3 is 2.94 bits per heavy atom. The highest BCUT2D eigenvalue weighted by Gasteiger charge is 2.25. The zero-order valence-electron chi connectivity index (χ0n) is 9.86. The largest absolute Gasteiger partial charge is 0.369 e. The maximum Gasteiger partial charge on any atom is 0.103 e. The lowest BCUT2D eigenvalue weighted by molar-refractivity contribution is 0.379. The van der Waals surface area contributed by atoms with Gasteiger partial charge in [0.25, 0.3) is 0 Å². The molecule has 17 heavy (non-hydrogen) atoms. The molecular formula is C13H16ClN3. The van der Waals surface area contributed by atoms with Gasteiger partial charge in [-0.25, -0.2) is 0 Å². The van der Waals surface area contributed by atoms with Crippen LogP contribution in [0.2, 0.25) is 5.02 Å². The molecular weight excluding hydrogens is 234 g/mol. The van der Waals surface area contributed by atoms with Gasteiger partial charge in [-0.1, -0.05) is 24.6 Å². The average Bonchev–Trinajstić information content (AvgIpc) is 2.32. The molecule has 2 rings (SSSR count). The molecule has 0 radical (unpaired) electrons. The first-order valence-corrected chi connectivity index (χ1v) is 6.20. The van der Waals surface area contributed by atoms with Gasteiger partial charge in [0.15, 0.2) is 0 Å². The van der Waals surface area contributed by atoms with Gasteiger partial charge in [0.1, 0.15) is 6.07 Å². The fraction of sp³-hybridized carbons (Fsp3) is 0.462. The first kappa shape index (κ1) is 12.2. The highest BCUT2D eigenvalue weighted by Crippen LogP contribution is 2.29. The zero-order valence-corrected chi connectivity index (χ0v) is 10.6. The van der Waals surface area contributed by atoms with E-state index in [-0.39, 0.29) is 6.04 Å². The van der Waals surface area contributed by atoms with Crippen molar-refractivity contribution in [3.63, 3.8) is 0 Å². The van der Waals surface area contributed by atoms with E-state index in [4.69, 9.17) is 22.6 Å². The van der Waals surface area contributed by atoms with Crippen molar-refractivity contribution in [2.24, 2.45) is 11.7 Å². The maximum absolute atomic E-state index is 9.16. The van der Waals surface area contributed by atoms with Crippen LogP contribution in [0.15, 0.2) is 18.2 Å². The third-order valence-corrected chi connectivity index (χ3v) is 3.78. The van der Waals surface area contributed by atoms with Crippen LogP contribution in [0.3, 0.4) is 0 Å². The van der Waals surface area contributed by atoms with Crippen molar-refractivity contribution in [3.05, 3.63) is 28.8 Å². The summed E-state index contributed by atoms with van der Waals surface area (Å²) in [6, 6.07) is 7.89. The van der Waals surface area contributed by atoms with Gasteiger partial charge in [0, 0.05) is 19.1 Å². The minimum atomic E-state index is 0.161. The number of benzene rings is 1. The van der Waals surface area contributed by atoms with E-state index in [2.05, 4.69) is 17.9 Å². The van der Waals surface area contributed by atoms with Crippen molar-refractivity contribution < 1.29 is 0 Å². The van der Waals surface area contributed by atoms with Gasteiger partial charge in [-0.05, 0) is 24.5 Å². The number of hydrogen-bond donors (Lipinski definition) is 1. The summed E-state index contributed by atoms with van der Waals surface area (Å²) in [4.78, 5) is 2.16. The lowest BCUT2D eigenvalue weighted by Crippen LogP contribution is -2.47. The number of nitrogens with two attached hydrogens (primary N) is 1. The van der Waals surface area contributed by atoms with E-state index in [1.165, 1.54) is 0 Å². The zero-order chi connectivity index (χ0) is 12.4. The Morgan fingerprint density at radius 2 is 2.29 bits per heavy atom. The van der Waals surface area contributed by atoms with E-state index < -0.39 is 0 Å². The Kier molecular flexibility index (Phi) is 3.56. The number of halogens is 1. The second-order valence-electron chi connectivity index (χ2n) is 4.62. The number of nitrogens with zero attached hydrogens (tertiary/aromatic N) is 2. The van der Waals surface area contributed by atoms with Gasteiger partial charge in [-0.2, -0.15) is 5.26 Å². The molecule has 4 heteroatoms. The number of rotatable bonds is 1. The van der Waals surface area contributed by atoms with Crippen molar-refractivity contribution in [2.75, 3.05) is 18.0 Å². The highest BCUT2D eigenvalue weighted by atomic mass is 35.5. The number of anilines is 1. The summed E-state index contributed by atoms with van der Waals surface area (Å²) in [6.07, 6.45) is 1.05. The van der Waals surface area contributed by atoms with Crippen LogP contribution in [0.5, 0.6) is 0 Å². The van der Waals surface area contributed by atoms with Crippen molar-refractivity contribution in [1.29, 1.82) is 5.26 Å². The van der Waals surface area contributed by atoms with E-state index in [0.29, 0.717) is 16.5 Å². The quantitative estimate of drug-likeness (QED) is 0.832. The Labute approximate surface area is 107 Å². The SMILES string of the molecule is CC1CCN(c2cccc(Cl)c2C#N)CC1N. The van der Waals surface area contributed by atoms with E-state index in [9.17, 15) is 0 Å².